The Morgan fingerprint density at radius 3 is 2.80 bits per heavy atom. The first kappa shape index (κ1) is 10.4. The second kappa shape index (κ2) is 3.48. The number of nitrogens with one attached hydrogen (secondary N) is 1. The van der Waals surface area contributed by atoms with Gasteiger partial charge in [-0.3, -0.25) is 0 Å². The summed E-state index contributed by atoms with van der Waals surface area (Å²) in [7, 11) is 0. The van der Waals surface area contributed by atoms with Gasteiger partial charge in [0.1, 0.15) is 0 Å². The van der Waals surface area contributed by atoms with Crippen LogP contribution >= 0.6 is 11.3 Å². The van der Waals surface area contributed by atoms with Crippen molar-refractivity contribution < 1.29 is 9.90 Å². The molecule has 0 amide bonds. The van der Waals surface area contributed by atoms with E-state index in [2.05, 4.69) is 24.1 Å². The highest BCUT2D eigenvalue weighted by Gasteiger charge is 2.38. The lowest BCUT2D eigenvalue weighted by Gasteiger charge is -2.25. The van der Waals surface area contributed by atoms with Crippen LogP contribution in [0.5, 0.6) is 0 Å². The molecule has 2 rings (SSSR count). The quantitative estimate of drug-likeness (QED) is 0.827. The van der Waals surface area contributed by atoms with E-state index in [0.717, 1.165) is 0 Å². The van der Waals surface area contributed by atoms with Crippen molar-refractivity contribution in [3.8, 4) is 0 Å². The predicted molar refractivity (Wildman–Crippen MR) is 59.5 cm³/mol. The van der Waals surface area contributed by atoms with Crippen LogP contribution in [0.4, 0.5) is 5.13 Å². The number of hydrogen-bond donors (Lipinski definition) is 2. The van der Waals surface area contributed by atoms with Crippen LogP contribution in [0.25, 0.3) is 0 Å². The maximum absolute atomic E-state index is 10.6. The van der Waals surface area contributed by atoms with Crippen molar-refractivity contribution in [3.63, 3.8) is 0 Å². The van der Waals surface area contributed by atoms with Gasteiger partial charge < -0.3 is 10.4 Å². The minimum atomic E-state index is -0.969. The fraction of sp³-hybridized carbons (Fsp3) is 0.600. The molecule has 0 radical (unpaired) electrons. The van der Waals surface area contributed by atoms with Crippen LogP contribution in [0, 0.1) is 5.92 Å². The Balaban J connectivity index is 2.06. The maximum atomic E-state index is 10.6. The number of carbonyl (C=O) groups is 1. The Morgan fingerprint density at radius 2 is 2.33 bits per heavy atom. The molecular formula is C10H14N2O2S. The molecule has 4 nitrogen and oxygen atoms in total. The molecular weight excluding hydrogens is 212 g/mol. The first-order chi connectivity index (χ1) is 6.99. The van der Waals surface area contributed by atoms with Gasteiger partial charge in [0.25, 0.3) is 0 Å². The summed E-state index contributed by atoms with van der Waals surface area (Å²) in [6, 6.07) is 0. The zero-order valence-corrected chi connectivity index (χ0v) is 9.60. The molecule has 5 heteroatoms. The SMILES string of the molecule is CC(C)(Nc1nc(C(=O)O)cs1)C1CC1. The standard InChI is InChI=1S/C10H14N2O2S/c1-10(2,6-3-4-6)12-9-11-7(5-15-9)8(13)14/h5-6H,3-4H2,1-2H3,(H,11,12)(H,13,14). The van der Waals surface area contributed by atoms with E-state index in [9.17, 15) is 4.79 Å². The number of aromatic carboxylic acids is 1. The molecule has 0 bridgehead atoms. The molecule has 0 atom stereocenters. The van der Waals surface area contributed by atoms with Crippen LogP contribution in [0.1, 0.15) is 37.2 Å². The van der Waals surface area contributed by atoms with Crippen molar-refractivity contribution in [2.24, 2.45) is 5.92 Å². The molecule has 1 aliphatic rings. The predicted octanol–water partition coefficient (Wildman–Crippen LogP) is 2.44. The van der Waals surface area contributed by atoms with E-state index >= 15 is 0 Å². The summed E-state index contributed by atoms with van der Waals surface area (Å²) in [5.74, 6) is -0.279. The minimum absolute atomic E-state index is 0.0215. The van der Waals surface area contributed by atoms with Crippen molar-refractivity contribution in [1.82, 2.24) is 4.98 Å². The molecule has 15 heavy (non-hydrogen) atoms. The summed E-state index contributed by atoms with van der Waals surface area (Å²) < 4.78 is 0. The van der Waals surface area contributed by atoms with E-state index in [-0.39, 0.29) is 11.2 Å². The fourth-order valence-corrected chi connectivity index (χ4v) is 2.46. The molecule has 1 aromatic heterocycles. The van der Waals surface area contributed by atoms with Gasteiger partial charge in [0, 0.05) is 10.9 Å². The van der Waals surface area contributed by atoms with Gasteiger partial charge in [0.15, 0.2) is 10.8 Å². The number of hydrogen-bond acceptors (Lipinski definition) is 4. The summed E-state index contributed by atoms with van der Waals surface area (Å²) in [6.07, 6.45) is 2.49. The monoisotopic (exact) mass is 226 g/mol. The highest BCUT2D eigenvalue weighted by atomic mass is 32.1. The zero-order chi connectivity index (χ0) is 11.1. The Hall–Kier alpha value is -1.10. The van der Waals surface area contributed by atoms with Gasteiger partial charge in [-0.1, -0.05) is 0 Å². The van der Waals surface area contributed by atoms with E-state index in [0.29, 0.717) is 11.0 Å². The smallest absolute Gasteiger partial charge is 0.355 e. The van der Waals surface area contributed by atoms with Gasteiger partial charge in [-0.25, -0.2) is 9.78 Å². The van der Waals surface area contributed by atoms with Gasteiger partial charge in [-0.15, -0.1) is 11.3 Å². The van der Waals surface area contributed by atoms with Crippen LogP contribution in [-0.2, 0) is 0 Å². The Bertz CT molecular complexity index is 383. The molecule has 1 fully saturated rings. The van der Waals surface area contributed by atoms with Crippen molar-refractivity contribution in [2.75, 3.05) is 5.32 Å². The van der Waals surface area contributed by atoms with Crippen molar-refractivity contribution in [3.05, 3.63) is 11.1 Å². The lowest BCUT2D eigenvalue weighted by molar-refractivity contribution is 0.0691. The largest absolute Gasteiger partial charge is 0.476 e. The molecule has 0 saturated heterocycles. The van der Waals surface area contributed by atoms with Gasteiger partial charge in [0.05, 0.1) is 0 Å². The fourth-order valence-electron chi connectivity index (χ4n) is 1.61. The van der Waals surface area contributed by atoms with Crippen molar-refractivity contribution in [1.29, 1.82) is 0 Å². The number of aromatic nitrogens is 1. The minimum Gasteiger partial charge on any atom is -0.476 e. The molecule has 1 saturated carbocycles. The molecule has 1 aliphatic carbocycles. The van der Waals surface area contributed by atoms with E-state index in [1.54, 1.807) is 5.38 Å². The van der Waals surface area contributed by atoms with E-state index in [1.165, 1.54) is 24.2 Å². The normalized spacial score (nSPS) is 16.4. The van der Waals surface area contributed by atoms with Gasteiger partial charge >= 0.3 is 5.97 Å². The first-order valence-corrected chi connectivity index (χ1v) is 5.84. The number of thiazole rings is 1. The van der Waals surface area contributed by atoms with Crippen LogP contribution < -0.4 is 5.32 Å². The van der Waals surface area contributed by atoms with Gasteiger partial charge in [-0.05, 0) is 32.6 Å². The average molecular weight is 226 g/mol. The molecule has 1 heterocycles. The van der Waals surface area contributed by atoms with Crippen molar-refractivity contribution >= 4 is 22.4 Å². The molecule has 82 valence electrons. The number of carboxylic acids is 1. The van der Waals surface area contributed by atoms with E-state index in [1.807, 2.05) is 0 Å². The lowest BCUT2D eigenvalue weighted by Crippen LogP contribution is -2.33. The number of nitrogens with zero attached hydrogens (tertiary/aromatic N) is 1. The molecule has 0 unspecified atom stereocenters. The summed E-state index contributed by atoms with van der Waals surface area (Å²) in [5.41, 5.74) is 0.141. The average Bonchev–Trinajstić information content (AvgIpc) is 2.88. The van der Waals surface area contributed by atoms with Crippen LogP contribution in [-0.4, -0.2) is 21.6 Å². The van der Waals surface area contributed by atoms with Gasteiger partial charge in [-0.2, -0.15) is 0 Å². The van der Waals surface area contributed by atoms with E-state index in [4.69, 9.17) is 5.11 Å². The third-order valence-corrected chi connectivity index (χ3v) is 3.51. The lowest BCUT2D eigenvalue weighted by atomic mass is 9.99. The second-order valence-corrected chi connectivity index (χ2v) is 5.32. The van der Waals surface area contributed by atoms with E-state index < -0.39 is 5.97 Å². The molecule has 0 aliphatic heterocycles. The number of anilines is 1. The highest BCUT2D eigenvalue weighted by Crippen LogP contribution is 2.41. The second-order valence-electron chi connectivity index (χ2n) is 4.46. The maximum Gasteiger partial charge on any atom is 0.355 e. The van der Waals surface area contributed by atoms with Crippen LogP contribution in [0.2, 0.25) is 0 Å². The highest BCUT2D eigenvalue weighted by molar-refractivity contribution is 7.13. The van der Waals surface area contributed by atoms with Gasteiger partial charge in [0.2, 0.25) is 0 Å². The molecule has 0 spiro atoms. The molecule has 0 aromatic carbocycles. The Labute approximate surface area is 92.3 Å². The molecule has 1 aromatic rings. The number of carboxylic acid groups (broad SMARTS) is 1. The first-order valence-electron chi connectivity index (χ1n) is 4.96. The topological polar surface area (TPSA) is 62.2 Å². The Morgan fingerprint density at radius 1 is 1.67 bits per heavy atom. The summed E-state index contributed by atoms with van der Waals surface area (Å²) in [5, 5.41) is 14.3. The summed E-state index contributed by atoms with van der Waals surface area (Å²) >= 11 is 1.35. The third kappa shape index (κ3) is 2.28. The molecule has 2 N–H and O–H groups in total. The van der Waals surface area contributed by atoms with Crippen LogP contribution in [0.15, 0.2) is 5.38 Å². The number of rotatable bonds is 4. The summed E-state index contributed by atoms with van der Waals surface area (Å²) in [4.78, 5) is 14.7. The Kier molecular flexibility index (Phi) is 2.42. The van der Waals surface area contributed by atoms with Crippen LogP contribution in [0.3, 0.4) is 0 Å². The third-order valence-electron chi connectivity index (χ3n) is 2.75. The summed E-state index contributed by atoms with van der Waals surface area (Å²) in [6.45, 7) is 4.26. The zero-order valence-electron chi connectivity index (χ0n) is 8.78. The van der Waals surface area contributed by atoms with Crippen molar-refractivity contribution in [2.45, 2.75) is 32.2 Å².